The monoisotopic (exact) mass is 257 g/mol. The summed E-state index contributed by atoms with van der Waals surface area (Å²) >= 11 is 0. The van der Waals surface area contributed by atoms with Crippen LogP contribution in [0.2, 0.25) is 0 Å². The predicted molar refractivity (Wildman–Crippen MR) is 87.9 cm³/mol. The van der Waals surface area contributed by atoms with Crippen molar-refractivity contribution in [2.24, 2.45) is 0 Å². The van der Waals surface area contributed by atoms with Gasteiger partial charge in [0, 0.05) is 11.9 Å². The Morgan fingerprint density at radius 1 is 1.21 bits per heavy atom. The number of rotatable bonds is 5. The fourth-order valence-corrected chi connectivity index (χ4v) is 1.58. The van der Waals surface area contributed by atoms with Crippen LogP contribution in [0.4, 0.5) is 0 Å². The van der Waals surface area contributed by atoms with E-state index in [1.54, 1.807) is 0 Å². The van der Waals surface area contributed by atoms with Crippen LogP contribution < -0.4 is 5.32 Å². The van der Waals surface area contributed by atoms with E-state index in [4.69, 9.17) is 0 Å². The van der Waals surface area contributed by atoms with Gasteiger partial charge in [-0.25, -0.2) is 0 Å². The molecule has 1 aromatic carbocycles. The first-order chi connectivity index (χ1) is 9.27. The molecular weight excluding hydrogens is 230 g/mol. The zero-order valence-electron chi connectivity index (χ0n) is 12.9. The number of nitrogens with one attached hydrogen (secondary N) is 1. The summed E-state index contributed by atoms with van der Waals surface area (Å²) < 4.78 is 0. The molecule has 0 bridgehead atoms. The zero-order chi connectivity index (χ0) is 14.5. The molecule has 1 aromatic rings. The van der Waals surface area contributed by atoms with Gasteiger partial charge in [-0.3, -0.25) is 0 Å². The molecule has 0 atom stereocenters. The van der Waals surface area contributed by atoms with Gasteiger partial charge in [-0.1, -0.05) is 57.2 Å². The van der Waals surface area contributed by atoms with Gasteiger partial charge >= 0.3 is 0 Å². The Bertz CT molecular complexity index is 425. The van der Waals surface area contributed by atoms with Crippen LogP contribution in [0.1, 0.15) is 45.2 Å². The van der Waals surface area contributed by atoms with E-state index in [0.29, 0.717) is 0 Å². The second kappa shape index (κ2) is 11.3. The fourth-order valence-electron chi connectivity index (χ4n) is 1.58. The molecule has 0 spiro atoms. The van der Waals surface area contributed by atoms with Crippen molar-refractivity contribution < 1.29 is 0 Å². The van der Waals surface area contributed by atoms with Crippen LogP contribution in [-0.2, 0) is 0 Å². The van der Waals surface area contributed by atoms with Crippen LogP contribution in [0.25, 0.3) is 6.08 Å². The summed E-state index contributed by atoms with van der Waals surface area (Å²) in [6.07, 6.45) is 11.4. The van der Waals surface area contributed by atoms with Gasteiger partial charge in [-0.15, -0.1) is 0 Å². The van der Waals surface area contributed by atoms with Gasteiger partial charge in [0.25, 0.3) is 0 Å². The standard InChI is InChI=1S/C16H21N.C2H6/c1-4-8-16(9-5-2)17-13-12-15-11-7-6-10-14(15)3;1-2/h4,6-13,17H,5H2,1-3H3;1-2H3/b8-4-,13-12+,16-9+;. The molecule has 0 heterocycles. The van der Waals surface area contributed by atoms with Crippen LogP contribution in [0, 0.1) is 6.92 Å². The molecule has 0 unspecified atom stereocenters. The van der Waals surface area contributed by atoms with E-state index < -0.39 is 0 Å². The van der Waals surface area contributed by atoms with Gasteiger partial charge in [-0.05, 0) is 43.5 Å². The van der Waals surface area contributed by atoms with E-state index in [-0.39, 0.29) is 0 Å². The summed E-state index contributed by atoms with van der Waals surface area (Å²) in [5.74, 6) is 0. The molecule has 1 rings (SSSR count). The molecule has 0 saturated heterocycles. The van der Waals surface area contributed by atoms with Crippen LogP contribution in [-0.4, -0.2) is 0 Å². The lowest BCUT2D eigenvalue weighted by Crippen LogP contribution is -2.01. The first kappa shape index (κ1) is 17.2. The Labute approximate surface area is 118 Å². The normalized spacial score (nSPS) is 11.5. The van der Waals surface area contributed by atoms with Crippen molar-refractivity contribution in [3.8, 4) is 0 Å². The SMILES string of the molecule is C/C=C\C(=C/CC)N/C=C/c1ccccc1C.CC. The number of hydrogen-bond acceptors (Lipinski definition) is 1. The first-order valence-corrected chi connectivity index (χ1v) is 7.09. The van der Waals surface area contributed by atoms with Crippen molar-refractivity contribution in [2.45, 2.75) is 41.0 Å². The molecule has 1 nitrogen and oxygen atoms in total. The second-order valence-corrected chi connectivity index (χ2v) is 3.90. The number of hydrogen-bond donors (Lipinski definition) is 1. The maximum absolute atomic E-state index is 3.29. The molecule has 104 valence electrons. The highest BCUT2D eigenvalue weighted by atomic mass is 14.8. The van der Waals surface area contributed by atoms with E-state index >= 15 is 0 Å². The summed E-state index contributed by atoms with van der Waals surface area (Å²) in [4.78, 5) is 0. The Morgan fingerprint density at radius 2 is 1.89 bits per heavy atom. The highest BCUT2D eigenvalue weighted by Crippen LogP contribution is 2.08. The largest absolute Gasteiger partial charge is 0.362 e. The quantitative estimate of drug-likeness (QED) is 0.691. The number of aryl methyl sites for hydroxylation is 1. The molecule has 0 amide bonds. The Kier molecular flexibility index (Phi) is 10.3. The molecule has 1 heteroatoms. The molecule has 0 aliphatic carbocycles. The van der Waals surface area contributed by atoms with Crippen LogP contribution in [0.15, 0.2) is 54.4 Å². The molecule has 0 aliphatic heterocycles. The average molecular weight is 257 g/mol. The van der Waals surface area contributed by atoms with Crippen molar-refractivity contribution in [1.82, 2.24) is 5.32 Å². The van der Waals surface area contributed by atoms with Gasteiger partial charge in [0.05, 0.1) is 0 Å². The van der Waals surface area contributed by atoms with Crippen LogP contribution in [0.5, 0.6) is 0 Å². The highest BCUT2D eigenvalue weighted by Gasteiger charge is 1.90. The molecule has 19 heavy (non-hydrogen) atoms. The molecule has 1 N–H and O–H groups in total. The summed E-state index contributed by atoms with van der Waals surface area (Å²) in [7, 11) is 0. The van der Waals surface area contributed by atoms with E-state index in [2.05, 4.69) is 61.7 Å². The van der Waals surface area contributed by atoms with Gasteiger partial charge in [0.1, 0.15) is 0 Å². The lowest BCUT2D eigenvalue weighted by atomic mass is 10.1. The minimum absolute atomic E-state index is 1.03. The second-order valence-electron chi connectivity index (χ2n) is 3.90. The van der Waals surface area contributed by atoms with Crippen molar-refractivity contribution in [1.29, 1.82) is 0 Å². The molecule has 0 saturated carbocycles. The molecular formula is C18H27N. The molecule has 0 aliphatic rings. The molecule has 0 fully saturated rings. The number of benzene rings is 1. The van der Waals surface area contributed by atoms with E-state index in [1.807, 2.05) is 33.0 Å². The molecule has 0 aromatic heterocycles. The first-order valence-electron chi connectivity index (χ1n) is 7.09. The van der Waals surface area contributed by atoms with Gasteiger partial charge < -0.3 is 5.32 Å². The van der Waals surface area contributed by atoms with Crippen molar-refractivity contribution >= 4 is 6.08 Å². The summed E-state index contributed by atoms with van der Waals surface area (Å²) in [6, 6.07) is 8.35. The third-order valence-corrected chi connectivity index (χ3v) is 2.47. The Hall–Kier alpha value is -1.76. The fraction of sp³-hybridized carbons (Fsp3) is 0.333. The van der Waals surface area contributed by atoms with Crippen molar-refractivity contribution in [2.75, 3.05) is 0 Å². The van der Waals surface area contributed by atoms with Crippen molar-refractivity contribution in [3.63, 3.8) is 0 Å². The van der Waals surface area contributed by atoms with Crippen LogP contribution in [0.3, 0.4) is 0 Å². The predicted octanol–water partition coefficient (Wildman–Crippen LogP) is 5.45. The third kappa shape index (κ3) is 7.30. The highest BCUT2D eigenvalue weighted by molar-refractivity contribution is 5.53. The van der Waals surface area contributed by atoms with E-state index in [9.17, 15) is 0 Å². The van der Waals surface area contributed by atoms with Gasteiger partial charge in [-0.2, -0.15) is 0 Å². The topological polar surface area (TPSA) is 12.0 Å². The molecule has 0 radical (unpaired) electrons. The zero-order valence-corrected chi connectivity index (χ0v) is 12.9. The Balaban J connectivity index is 0.00000154. The average Bonchev–Trinajstić information content (AvgIpc) is 2.44. The van der Waals surface area contributed by atoms with Gasteiger partial charge in [0.15, 0.2) is 0 Å². The maximum atomic E-state index is 3.29. The summed E-state index contributed by atoms with van der Waals surface area (Å²) in [5, 5.41) is 3.29. The lowest BCUT2D eigenvalue weighted by molar-refractivity contribution is 1.07. The van der Waals surface area contributed by atoms with E-state index in [1.165, 1.54) is 11.1 Å². The number of allylic oxidation sites excluding steroid dienone is 3. The van der Waals surface area contributed by atoms with Crippen LogP contribution >= 0.6 is 0 Å². The summed E-state index contributed by atoms with van der Waals surface area (Å²) in [6.45, 7) is 10.3. The minimum atomic E-state index is 1.03. The minimum Gasteiger partial charge on any atom is -0.362 e. The third-order valence-electron chi connectivity index (χ3n) is 2.47. The lowest BCUT2D eigenvalue weighted by Gasteiger charge is -2.02. The summed E-state index contributed by atoms with van der Waals surface area (Å²) in [5.41, 5.74) is 3.67. The smallest absolute Gasteiger partial charge is 0.0335 e. The maximum Gasteiger partial charge on any atom is 0.0335 e. The Morgan fingerprint density at radius 3 is 2.47 bits per heavy atom. The van der Waals surface area contributed by atoms with Crippen molar-refractivity contribution in [3.05, 3.63) is 65.5 Å². The van der Waals surface area contributed by atoms with Gasteiger partial charge in [0.2, 0.25) is 0 Å². The van der Waals surface area contributed by atoms with E-state index in [0.717, 1.165) is 12.1 Å².